The van der Waals surface area contributed by atoms with Gasteiger partial charge in [-0.3, -0.25) is 0 Å². The van der Waals surface area contributed by atoms with Crippen LogP contribution in [0.15, 0.2) is 48.5 Å². The maximum atomic E-state index is 5.98. The summed E-state index contributed by atoms with van der Waals surface area (Å²) in [4.78, 5) is 0. The molecule has 94 valence electrons. The number of hydrogen-bond acceptors (Lipinski definition) is 2. The van der Waals surface area contributed by atoms with E-state index in [1.165, 1.54) is 5.56 Å². The Labute approximate surface area is 122 Å². The first kappa shape index (κ1) is 13.2. The summed E-state index contributed by atoms with van der Waals surface area (Å²) in [5.74, 6) is 0.463. The fraction of sp³-hybridized carbons (Fsp3) is 0.200. The summed E-state index contributed by atoms with van der Waals surface area (Å²) >= 11 is 2.27. The molecule has 0 aromatic heterocycles. The number of halogens is 1. The van der Waals surface area contributed by atoms with Crippen molar-refractivity contribution in [2.75, 3.05) is 17.6 Å². The summed E-state index contributed by atoms with van der Waals surface area (Å²) in [5, 5.41) is 3.41. The Balaban J connectivity index is 1.99. The van der Waals surface area contributed by atoms with E-state index in [9.17, 15) is 0 Å². The average Bonchev–Trinajstić information content (AvgIpc) is 2.38. The van der Waals surface area contributed by atoms with E-state index in [4.69, 9.17) is 5.73 Å². The van der Waals surface area contributed by atoms with E-state index in [-0.39, 0.29) is 0 Å². The van der Waals surface area contributed by atoms with Crippen LogP contribution in [0.3, 0.4) is 0 Å². The quantitative estimate of drug-likeness (QED) is 0.643. The SMILES string of the molecule is CC(CNc1ccc(I)cc1N)c1ccccc1. The molecule has 3 heteroatoms. The van der Waals surface area contributed by atoms with Gasteiger partial charge in [0.2, 0.25) is 0 Å². The first-order valence-electron chi connectivity index (χ1n) is 6.00. The zero-order chi connectivity index (χ0) is 13.0. The van der Waals surface area contributed by atoms with Gasteiger partial charge < -0.3 is 11.1 Å². The molecule has 0 aliphatic rings. The third kappa shape index (κ3) is 3.38. The molecule has 0 aliphatic heterocycles. The fourth-order valence-corrected chi connectivity index (χ4v) is 2.37. The Morgan fingerprint density at radius 1 is 1.17 bits per heavy atom. The molecule has 2 nitrogen and oxygen atoms in total. The van der Waals surface area contributed by atoms with Crippen LogP contribution in [0.2, 0.25) is 0 Å². The molecule has 0 heterocycles. The lowest BCUT2D eigenvalue weighted by molar-refractivity contribution is 0.805. The van der Waals surface area contributed by atoms with Gasteiger partial charge in [0.25, 0.3) is 0 Å². The monoisotopic (exact) mass is 352 g/mol. The Hall–Kier alpha value is -1.23. The van der Waals surface area contributed by atoms with E-state index < -0.39 is 0 Å². The van der Waals surface area contributed by atoms with Gasteiger partial charge in [-0.05, 0) is 52.3 Å². The van der Waals surface area contributed by atoms with E-state index in [1.807, 2.05) is 18.2 Å². The second kappa shape index (κ2) is 6.09. The third-order valence-electron chi connectivity index (χ3n) is 2.98. The van der Waals surface area contributed by atoms with E-state index in [0.29, 0.717) is 5.92 Å². The van der Waals surface area contributed by atoms with Gasteiger partial charge >= 0.3 is 0 Å². The molecule has 0 aliphatic carbocycles. The maximum Gasteiger partial charge on any atom is 0.0574 e. The molecule has 3 N–H and O–H groups in total. The van der Waals surface area contributed by atoms with E-state index in [2.05, 4.69) is 65.2 Å². The zero-order valence-corrected chi connectivity index (χ0v) is 12.5. The Bertz CT molecular complexity index is 511. The van der Waals surface area contributed by atoms with Crippen molar-refractivity contribution < 1.29 is 0 Å². The molecule has 0 spiro atoms. The topological polar surface area (TPSA) is 38.0 Å². The van der Waals surface area contributed by atoms with Crippen molar-refractivity contribution in [3.63, 3.8) is 0 Å². The van der Waals surface area contributed by atoms with Crippen molar-refractivity contribution in [3.8, 4) is 0 Å². The van der Waals surface area contributed by atoms with E-state index in [1.54, 1.807) is 0 Å². The summed E-state index contributed by atoms with van der Waals surface area (Å²) in [6.07, 6.45) is 0. The Morgan fingerprint density at radius 3 is 2.56 bits per heavy atom. The van der Waals surface area contributed by atoms with E-state index in [0.717, 1.165) is 21.5 Å². The number of rotatable bonds is 4. The highest BCUT2D eigenvalue weighted by Gasteiger charge is 2.05. The number of nitrogens with one attached hydrogen (secondary N) is 1. The van der Waals surface area contributed by atoms with Crippen LogP contribution in [0.5, 0.6) is 0 Å². The van der Waals surface area contributed by atoms with Crippen molar-refractivity contribution in [1.82, 2.24) is 0 Å². The van der Waals surface area contributed by atoms with Crippen molar-refractivity contribution in [3.05, 3.63) is 57.7 Å². The average molecular weight is 352 g/mol. The largest absolute Gasteiger partial charge is 0.397 e. The molecule has 0 saturated carbocycles. The minimum Gasteiger partial charge on any atom is -0.397 e. The maximum absolute atomic E-state index is 5.98. The molecule has 1 atom stereocenters. The third-order valence-corrected chi connectivity index (χ3v) is 3.65. The van der Waals surface area contributed by atoms with Gasteiger partial charge in [-0.25, -0.2) is 0 Å². The number of nitrogen functional groups attached to an aromatic ring is 1. The van der Waals surface area contributed by atoms with Crippen molar-refractivity contribution in [2.45, 2.75) is 12.8 Å². The molecular formula is C15H17IN2. The van der Waals surface area contributed by atoms with Crippen LogP contribution in [-0.2, 0) is 0 Å². The number of hydrogen-bond donors (Lipinski definition) is 2. The van der Waals surface area contributed by atoms with Gasteiger partial charge in [0.1, 0.15) is 0 Å². The molecule has 2 rings (SSSR count). The minimum atomic E-state index is 0.463. The number of benzene rings is 2. The van der Waals surface area contributed by atoms with Gasteiger partial charge in [0.15, 0.2) is 0 Å². The molecule has 0 fully saturated rings. The van der Waals surface area contributed by atoms with Crippen LogP contribution in [0, 0.1) is 3.57 Å². The van der Waals surface area contributed by atoms with Crippen LogP contribution in [0.25, 0.3) is 0 Å². The molecule has 18 heavy (non-hydrogen) atoms. The van der Waals surface area contributed by atoms with Crippen LogP contribution in [0.4, 0.5) is 11.4 Å². The molecule has 2 aromatic rings. The van der Waals surface area contributed by atoms with Crippen molar-refractivity contribution in [2.24, 2.45) is 0 Å². The second-order valence-corrected chi connectivity index (χ2v) is 5.67. The van der Waals surface area contributed by atoms with Crippen molar-refractivity contribution in [1.29, 1.82) is 0 Å². The Morgan fingerprint density at radius 2 is 1.89 bits per heavy atom. The summed E-state index contributed by atoms with van der Waals surface area (Å²) < 4.78 is 1.16. The van der Waals surface area contributed by atoms with Crippen LogP contribution >= 0.6 is 22.6 Å². The number of nitrogens with two attached hydrogens (primary N) is 1. The van der Waals surface area contributed by atoms with Crippen molar-refractivity contribution >= 4 is 34.0 Å². The molecule has 0 radical (unpaired) electrons. The molecule has 0 amide bonds. The summed E-state index contributed by atoms with van der Waals surface area (Å²) in [7, 11) is 0. The van der Waals surface area contributed by atoms with Gasteiger partial charge in [-0.2, -0.15) is 0 Å². The first-order chi connectivity index (χ1) is 8.66. The molecule has 0 bridgehead atoms. The lowest BCUT2D eigenvalue weighted by Crippen LogP contribution is -2.11. The van der Waals surface area contributed by atoms with Gasteiger partial charge in [-0.15, -0.1) is 0 Å². The van der Waals surface area contributed by atoms with Crippen LogP contribution in [0.1, 0.15) is 18.4 Å². The molecular weight excluding hydrogens is 335 g/mol. The van der Waals surface area contributed by atoms with Gasteiger partial charge in [-0.1, -0.05) is 37.3 Å². The minimum absolute atomic E-state index is 0.463. The summed E-state index contributed by atoms with van der Waals surface area (Å²) in [6.45, 7) is 3.10. The second-order valence-electron chi connectivity index (χ2n) is 4.42. The number of anilines is 2. The first-order valence-corrected chi connectivity index (χ1v) is 7.08. The van der Waals surface area contributed by atoms with E-state index >= 15 is 0 Å². The van der Waals surface area contributed by atoms with Gasteiger partial charge in [0.05, 0.1) is 11.4 Å². The van der Waals surface area contributed by atoms with Gasteiger partial charge in [0, 0.05) is 10.1 Å². The van der Waals surface area contributed by atoms with Crippen LogP contribution in [-0.4, -0.2) is 6.54 Å². The smallest absolute Gasteiger partial charge is 0.0574 e. The fourth-order valence-electron chi connectivity index (χ4n) is 1.86. The lowest BCUT2D eigenvalue weighted by atomic mass is 10.0. The van der Waals surface area contributed by atoms with Crippen LogP contribution < -0.4 is 11.1 Å². The highest BCUT2D eigenvalue weighted by Crippen LogP contribution is 2.22. The normalized spacial score (nSPS) is 12.1. The Kier molecular flexibility index (Phi) is 4.47. The molecule has 2 aromatic carbocycles. The highest BCUT2D eigenvalue weighted by molar-refractivity contribution is 14.1. The zero-order valence-electron chi connectivity index (χ0n) is 10.4. The standard InChI is InChI=1S/C15H17IN2/c1-11(12-5-3-2-4-6-12)10-18-15-8-7-13(16)9-14(15)17/h2-9,11,18H,10,17H2,1H3. The lowest BCUT2D eigenvalue weighted by Gasteiger charge is -2.15. The molecule has 1 unspecified atom stereocenters. The summed E-state index contributed by atoms with van der Waals surface area (Å²) in [6, 6.07) is 16.6. The predicted octanol–water partition coefficient (Wildman–Crippen LogP) is 4.09. The summed E-state index contributed by atoms with van der Waals surface area (Å²) in [5.41, 5.74) is 9.14. The molecule has 0 saturated heterocycles. The highest BCUT2D eigenvalue weighted by atomic mass is 127. The predicted molar refractivity (Wildman–Crippen MR) is 86.9 cm³/mol.